The van der Waals surface area contributed by atoms with E-state index >= 15 is 0 Å². The second-order valence-corrected chi connectivity index (χ2v) is 6.36. The molecule has 0 spiro atoms. The molecular weight excluding hydrogens is 457 g/mol. The SMILES string of the molecule is CN=C(NCc1coc(-c2ccccc2)n1)NC1CCN(C(C)=O)CC1.I. The first-order chi connectivity index (χ1) is 12.7. The van der Waals surface area contributed by atoms with Crippen LogP contribution in [0.25, 0.3) is 11.5 Å². The quantitative estimate of drug-likeness (QED) is 0.397. The van der Waals surface area contributed by atoms with Gasteiger partial charge in [0.25, 0.3) is 0 Å². The zero-order chi connectivity index (χ0) is 18.4. The molecule has 0 aliphatic carbocycles. The van der Waals surface area contributed by atoms with E-state index in [0.29, 0.717) is 18.5 Å². The van der Waals surface area contributed by atoms with Gasteiger partial charge >= 0.3 is 0 Å². The summed E-state index contributed by atoms with van der Waals surface area (Å²) >= 11 is 0. The molecule has 0 bridgehead atoms. The second kappa shape index (κ2) is 10.3. The summed E-state index contributed by atoms with van der Waals surface area (Å²) in [5.41, 5.74) is 1.77. The number of piperidine rings is 1. The summed E-state index contributed by atoms with van der Waals surface area (Å²) in [6, 6.07) is 10.1. The van der Waals surface area contributed by atoms with Crippen LogP contribution in [-0.2, 0) is 11.3 Å². The van der Waals surface area contributed by atoms with E-state index in [9.17, 15) is 4.79 Å². The second-order valence-electron chi connectivity index (χ2n) is 6.36. The Balaban J connectivity index is 0.00000261. The minimum atomic E-state index is 0. The number of likely N-dealkylation sites (tertiary alicyclic amines) is 1. The Kier molecular flexibility index (Phi) is 8.08. The first-order valence-corrected chi connectivity index (χ1v) is 8.88. The van der Waals surface area contributed by atoms with Crippen molar-refractivity contribution in [1.82, 2.24) is 20.5 Å². The molecule has 0 atom stereocenters. The van der Waals surface area contributed by atoms with Crippen LogP contribution in [0.4, 0.5) is 0 Å². The molecule has 146 valence electrons. The van der Waals surface area contributed by atoms with Crippen molar-refractivity contribution in [1.29, 1.82) is 0 Å². The predicted octanol–water partition coefficient (Wildman–Crippen LogP) is 2.64. The van der Waals surface area contributed by atoms with Gasteiger partial charge in [0.15, 0.2) is 5.96 Å². The maximum absolute atomic E-state index is 11.4. The van der Waals surface area contributed by atoms with Crippen molar-refractivity contribution in [3.05, 3.63) is 42.3 Å². The number of carbonyl (C=O) groups excluding carboxylic acids is 1. The van der Waals surface area contributed by atoms with Gasteiger partial charge in [0, 0.05) is 38.7 Å². The summed E-state index contributed by atoms with van der Waals surface area (Å²) in [4.78, 5) is 22.1. The molecule has 0 saturated carbocycles. The van der Waals surface area contributed by atoms with Gasteiger partial charge in [0.1, 0.15) is 6.26 Å². The summed E-state index contributed by atoms with van der Waals surface area (Å²) in [5, 5.41) is 6.68. The van der Waals surface area contributed by atoms with Gasteiger partial charge < -0.3 is 20.0 Å². The number of carbonyl (C=O) groups is 1. The lowest BCUT2D eigenvalue weighted by Crippen LogP contribution is -2.49. The summed E-state index contributed by atoms with van der Waals surface area (Å²) in [5.74, 6) is 1.49. The molecule has 2 heterocycles. The Morgan fingerprint density at radius 2 is 2.00 bits per heavy atom. The third kappa shape index (κ3) is 5.95. The van der Waals surface area contributed by atoms with Crippen molar-refractivity contribution in [3.63, 3.8) is 0 Å². The first-order valence-electron chi connectivity index (χ1n) is 8.88. The summed E-state index contributed by atoms with van der Waals surface area (Å²) in [6.07, 6.45) is 3.50. The van der Waals surface area contributed by atoms with E-state index in [4.69, 9.17) is 4.42 Å². The van der Waals surface area contributed by atoms with E-state index < -0.39 is 0 Å². The van der Waals surface area contributed by atoms with Gasteiger partial charge in [-0.1, -0.05) is 18.2 Å². The lowest BCUT2D eigenvalue weighted by Gasteiger charge is -2.32. The van der Waals surface area contributed by atoms with Gasteiger partial charge in [-0.25, -0.2) is 4.98 Å². The number of aliphatic imine (C=N–C) groups is 1. The maximum atomic E-state index is 11.4. The van der Waals surface area contributed by atoms with Crippen LogP contribution in [0.2, 0.25) is 0 Å². The van der Waals surface area contributed by atoms with Gasteiger partial charge in [-0.2, -0.15) is 0 Å². The van der Waals surface area contributed by atoms with E-state index in [2.05, 4.69) is 20.6 Å². The summed E-state index contributed by atoms with van der Waals surface area (Å²) < 4.78 is 5.55. The van der Waals surface area contributed by atoms with Crippen LogP contribution in [0.3, 0.4) is 0 Å². The Morgan fingerprint density at radius 1 is 1.30 bits per heavy atom. The van der Waals surface area contributed by atoms with Crippen molar-refractivity contribution >= 4 is 35.8 Å². The van der Waals surface area contributed by atoms with Crippen molar-refractivity contribution < 1.29 is 9.21 Å². The average molecular weight is 483 g/mol. The van der Waals surface area contributed by atoms with Crippen LogP contribution in [0.1, 0.15) is 25.5 Å². The number of guanidine groups is 1. The molecule has 1 aliphatic rings. The van der Waals surface area contributed by atoms with Crippen molar-refractivity contribution in [2.75, 3.05) is 20.1 Å². The molecule has 1 fully saturated rings. The Labute approximate surface area is 176 Å². The molecule has 27 heavy (non-hydrogen) atoms. The number of hydrogen-bond acceptors (Lipinski definition) is 4. The number of oxazole rings is 1. The van der Waals surface area contributed by atoms with E-state index in [1.807, 2.05) is 35.2 Å². The summed E-state index contributed by atoms with van der Waals surface area (Å²) in [6.45, 7) is 3.72. The third-order valence-corrected chi connectivity index (χ3v) is 4.51. The van der Waals surface area contributed by atoms with Gasteiger partial charge in [0.05, 0.1) is 12.2 Å². The zero-order valence-electron chi connectivity index (χ0n) is 15.6. The molecule has 2 aromatic rings. The van der Waals surface area contributed by atoms with Crippen LogP contribution in [-0.4, -0.2) is 47.9 Å². The number of hydrogen-bond donors (Lipinski definition) is 2. The average Bonchev–Trinajstić information content (AvgIpc) is 3.15. The standard InChI is InChI=1S/C19H25N5O2.HI/c1-14(25)24-10-8-16(9-11-24)23-19(20-2)21-12-17-13-26-18(22-17)15-6-4-3-5-7-15;/h3-7,13,16H,8-12H2,1-2H3,(H2,20,21,23);1H. The van der Waals surface area contributed by atoms with Gasteiger partial charge in [-0.15, -0.1) is 24.0 Å². The highest BCUT2D eigenvalue weighted by Crippen LogP contribution is 2.17. The number of benzene rings is 1. The largest absolute Gasteiger partial charge is 0.444 e. The minimum Gasteiger partial charge on any atom is -0.444 e. The minimum absolute atomic E-state index is 0. The smallest absolute Gasteiger partial charge is 0.226 e. The van der Waals surface area contributed by atoms with Crippen LogP contribution >= 0.6 is 24.0 Å². The molecule has 1 aliphatic heterocycles. The van der Waals surface area contributed by atoms with E-state index in [-0.39, 0.29) is 29.9 Å². The number of amides is 1. The van der Waals surface area contributed by atoms with Crippen LogP contribution in [0.5, 0.6) is 0 Å². The fourth-order valence-electron chi connectivity index (χ4n) is 3.00. The number of rotatable bonds is 4. The van der Waals surface area contributed by atoms with Crippen molar-refractivity contribution in [3.8, 4) is 11.5 Å². The van der Waals surface area contributed by atoms with E-state index in [1.165, 1.54) is 0 Å². The molecule has 1 aromatic heterocycles. The number of nitrogens with zero attached hydrogens (tertiary/aromatic N) is 3. The number of aromatic nitrogens is 1. The zero-order valence-corrected chi connectivity index (χ0v) is 18.0. The predicted molar refractivity (Wildman–Crippen MR) is 116 cm³/mol. The number of halogens is 1. The van der Waals surface area contributed by atoms with E-state index in [1.54, 1.807) is 20.2 Å². The monoisotopic (exact) mass is 483 g/mol. The fraction of sp³-hybridized carbons (Fsp3) is 0.421. The molecule has 2 N–H and O–H groups in total. The Hall–Kier alpha value is -2.10. The molecule has 8 heteroatoms. The molecule has 0 radical (unpaired) electrons. The highest BCUT2D eigenvalue weighted by atomic mass is 127. The van der Waals surface area contributed by atoms with Gasteiger partial charge in [0.2, 0.25) is 11.8 Å². The molecule has 1 amide bonds. The number of nitrogens with one attached hydrogen (secondary N) is 2. The molecule has 7 nitrogen and oxygen atoms in total. The Morgan fingerprint density at radius 3 is 2.63 bits per heavy atom. The van der Waals surface area contributed by atoms with Gasteiger partial charge in [-0.3, -0.25) is 9.79 Å². The fourth-order valence-corrected chi connectivity index (χ4v) is 3.00. The lowest BCUT2D eigenvalue weighted by molar-refractivity contribution is -0.129. The summed E-state index contributed by atoms with van der Waals surface area (Å²) in [7, 11) is 1.75. The van der Waals surface area contributed by atoms with Crippen LogP contribution < -0.4 is 10.6 Å². The molecule has 1 saturated heterocycles. The van der Waals surface area contributed by atoms with Crippen LogP contribution in [0, 0.1) is 0 Å². The first kappa shape index (κ1) is 21.2. The van der Waals surface area contributed by atoms with Crippen LogP contribution in [0.15, 0.2) is 46.0 Å². The molecule has 1 aromatic carbocycles. The molecule has 0 unspecified atom stereocenters. The molecule has 3 rings (SSSR count). The lowest BCUT2D eigenvalue weighted by atomic mass is 10.1. The normalized spacial score (nSPS) is 15.2. The highest BCUT2D eigenvalue weighted by Gasteiger charge is 2.21. The van der Waals surface area contributed by atoms with Crippen molar-refractivity contribution in [2.24, 2.45) is 4.99 Å². The van der Waals surface area contributed by atoms with Gasteiger partial charge in [-0.05, 0) is 25.0 Å². The third-order valence-electron chi connectivity index (χ3n) is 4.51. The molecular formula is C19H26IN5O2. The van der Waals surface area contributed by atoms with Crippen molar-refractivity contribution in [2.45, 2.75) is 32.4 Å². The maximum Gasteiger partial charge on any atom is 0.226 e. The topological polar surface area (TPSA) is 82.8 Å². The van der Waals surface area contributed by atoms with E-state index in [0.717, 1.165) is 43.1 Å². The Bertz CT molecular complexity index is 754. The highest BCUT2D eigenvalue weighted by molar-refractivity contribution is 14.0.